The van der Waals surface area contributed by atoms with Gasteiger partial charge in [0.1, 0.15) is 0 Å². The van der Waals surface area contributed by atoms with Crippen LogP contribution in [0, 0.1) is 0 Å². The Bertz CT molecular complexity index is 934. The van der Waals surface area contributed by atoms with Crippen LogP contribution in [0.15, 0.2) is 47.8 Å². The van der Waals surface area contributed by atoms with E-state index in [1.807, 2.05) is 23.6 Å². The van der Waals surface area contributed by atoms with E-state index in [-0.39, 0.29) is 18.4 Å². The average molecular weight is 414 g/mol. The Balaban J connectivity index is 1.27. The van der Waals surface area contributed by atoms with Crippen molar-refractivity contribution in [3.63, 3.8) is 0 Å². The molecule has 0 unspecified atom stereocenters. The minimum atomic E-state index is -0.234. The first kappa shape index (κ1) is 18.6. The first-order valence-corrected chi connectivity index (χ1v) is 10.6. The van der Waals surface area contributed by atoms with Gasteiger partial charge in [-0.2, -0.15) is 0 Å². The van der Waals surface area contributed by atoms with E-state index in [4.69, 9.17) is 0 Å². The quantitative estimate of drug-likeness (QED) is 0.695. The highest BCUT2D eigenvalue weighted by molar-refractivity contribution is 7.22. The summed E-state index contributed by atoms with van der Waals surface area (Å²) in [6.07, 6.45) is 0. The van der Waals surface area contributed by atoms with E-state index in [0.717, 1.165) is 15.0 Å². The van der Waals surface area contributed by atoms with Crippen molar-refractivity contribution in [1.82, 2.24) is 20.4 Å². The lowest BCUT2D eigenvalue weighted by molar-refractivity contribution is -0.130. The number of aromatic nitrogens is 2. The number of anilines is 1. The van der Waals surface area contributed by atoms with Gasteiger partial charge in [0.15, 0.2) is 5.01 Å². The number of benzene rings is 1. The van der Waals surface area contributed by atoms with Crippen LogP contribution >= 0.6 is 22.7 Å². The first-order chi connectivity index (χ1) is 13.7. The summed E-state index contributed by atoms with van der Waals surface area (Å²) >= 11 is 3.22. The number of hydrogen-bond donors (Lipinski definition) is 1. The molecule has 0 radical (unpaired) electrons. The second-order valence-corrected chi connectivity index (χ2v) is 8.19. The Labute approximate surface area is 170 Å². The van der Waals surface area contributed by atoms with Gasteiger partial charge in [0.05, 0.1) is 11.4 Å². The maximum absolute atomic E-state index is 12.4. The number of carbonyl (C=O) groups excluding carboxylic acids is 2. The van der Waals surface area contributed by atoms with Crippen LogP contribution in [0.4, 0.5) is 5.13 Å². The predicted molar refractivity (Wildman–Crippen MR) is 111 cm³/mol. The van der Waals surface area contributed by atoms with Gasteiger partial charge in [-0.25, -0.2) is 0 Å². The Kier molecular flexibility index (Phi) is 5.63. The molecular formula is C19H19N5O2S2. The Morgan fingerprint density at radius 3 is 2.50 bits per heavy atom. The summed E-state index contributed by atoms with van der Waals surface area (Å²) in [5.74, 6) is -0.303. The molecule has 3 aromatic rings. The summed E-state index contributed by atoms with van der Waals surface area (Å²) in [5.41, 5.74) is 0.554. The van der Waals surface area contributed by atoms with Crippen molar-refractivity contribution >= 4 is 39.6 Å². The summed E-state index contributed by atoms with van der Waals surface area (Å²) < 4.78 is 0. The minimum absolute atomic E-state index is 0.00899. The van der Waals surface area contributed by atoms with Gasteiger partial charge in [-0.1, -0.05) is 35.6 Å². The SMILES string of the molecule is O=C(NCC(=O)N1CCN(c2nnc(-c3cccs3)s2)CC1)c1ccccc1. The minimum Gasteiger partial charge on any atom is -0.343 e. The lowest BCUT2D eigenvalue weighted by Crippen LogP contribution is -2.51. The summed E-state index contributed by atoms with van der Waals surface area (Å²) in [7, 11) is 0. The van der Waals surface area contributed by atoms with Crippen LogP contribution in [0.25, 0.3) is 9.88 Å². The zero-order chi connectivity index (χ0) is 19.3. The van der Waals surface area contributed by atoms with Gasteiger partial charge in [-0.05, 0) is 23.6 Å². The molecule has 2 aromatic heterocycles. The number of rotatable bonds is 5. The highest BCUT2D eigenvalue weighted by atomic mass is 32.1. The van der Waals surface area contributed by atoms with Crippen LogP contribution in [0.3, 0.4) is 0 Å². The van der Waals surface area contributed by atoms with Gasteiger partial charge in [-0.3, -0.25) is 9.59 Å². The van der Waals surface area contributed by atoms with E-state index in [2.05, 4.69) is 20.4 Å². The molecule has 0 bridgehead atoms. The zero-order valence-electron chi connectivity index (χ0n) is 15.1. The fourth-order valence-corrected chi connectivity index (χ4v) is 4.64. The zero-order valence-corrected chi connectivity index (χ0v) is 16.7. The second-order valence-electron chi connectivity index (χ2n) is 6.28. The molecule has 144 valence electrons. The average Bonchev–Trinajstić information content (AvgIpc) is 3.44. The van der Waals surface area contributed by atoms with E-state index >= 15 is 0 Å². The number of nitrogens with one attached hydrogen (secondary N) is 1. The number of amides is 2. The molecule has 28 heavy (non-hydrogen) atoms. The van der Waals surface area contributed by atoms with Crippen LogP contribution in [-0.4, -0.2) is 59.6 Å². The molecule has 0 atom stereocenters. The second kappa shape index (κ2) is 8.49. The fourth-order valence-electron chi connectivity index (χ4n) is 2.95. The lowest BCUT2D eigenvalue weighted by atomic mass is 10.2. The van der Waals surface area contributed by atoms with Gasteiger partial charge in [-0.15, -0.1) is 21.5 Å². The first-order valence-electron chi connectivity index (χ1n) is 8.94. The van der Waals surface area contributed by atoms with Gasteiger partial charge in [0, 0.05) is 31.7 Å². The number of nitrogens with zero attached hydrogens (tertiary/aromatic N) is 4. The monoisotopic (exact) mass is 413 g/mol. The predicted octanol–water partition coefficient (Wildman–Crippen LogP) is 2.35. The molecule has 0 spiro atoms. The third kappa shape index (κ3) is 4.20. The van der Waals surface area contributed by atoms with Crippen LogP contribution in [-0.2, 0) is 4.79 Å². The van der Waals surface area contributed by atoms with E-state index in [0.29, 0.717) is 31.7 Å². The Morgan fingerprint density at radius 2 is 1.79 bits per heavy atom. The number of carbonyl (C=O) groups is 2. The van der Waals surface area contributed by atoms with Gasteiger partial charge >= 0.3 is 0 Å². The van der Waals surface area contributed by atoms with Crippen molar-refractivity contribution in [2.75, 3.05) is 37.6 Å². The largest absolute Gasteiger partial charge is 0.343 e. The summed E-state index contributed by atoms with van der Waals surface area (Å²) in [5, 5.41) is 15.1. The summed E-state index contributed by atoms with van der Waals surface area (Å²) in [6, 6.07) is 12.9. The number of thiophene rings is 1. The summed E-state index contributed by atoms with van der Waals surface area (Å²) in [6.45, 7) is 2.63. The molecule has 1 N–H and O–H groups in total. The normalized spacial score (nSPS) is 14.1. The van der Waals surface area contributed by atoms with Crippen molar-refractivity contribution in [3.05, 3.63) is 53.4 Å². The molecule has 2 amide bonds. The summed E-state index contributed by atoms with van der Waals surface area (Å²) in [4.78, 5) is 29.5. The number of piperazine rings is 1. The lowest BCUT2D eigenvalue weighted by Gasteiger charge is -2.34. The van der Waals surface area contributed by atoms with Gasteiger partial charge in [0.2, 0.25) is 11.0 Å². The van der Waals surface area contributed by atoms with Crippen LogP contribution in [0.2, 0.25) is 0 Å². The molecular weight excluding hydrogens is 394 g/mol. The molecule has 1 aliphatic heterocycles. The van der Waals surface area contributed by atoms with Crippen molar-refractivity contribution < 1.29 is 9.59 Å². The van der Waals surface area contributed by atoms with Crippen LogP contribution < -0.4 is 10.2 Å². The molecule has 1 aromatic carbocycles. The maximum Gasteiger partial charge on any atom is 0.251 e. The molecule has 4 rings (SSSR count). The molecule has 1 aliphatic rings. The maximum atomic E-state index is 12.4. The van der Waals surface area contributed by atoms with E-state index in [1.54, 1.807) is 51.8 Å². The van der Waals surface area contributed by atoms with E-state index in [1.165, 1.54) is 0 Å². The highest BCUT2D eigenvalue weighted by Crippen LogP contribution is 2.31. The van der Waals surface area contributed by atoms with Crippen LogP contribution in [0.1, 0.15) is 10.4 Å². The number of hydrogen-bond acceptors (Lipinski definition) is 7. The van der Waals surface area contributed by atoms with Crippen molar-refractivity contribution in [3.8, 4) is 9.88 Å². The molecule has 1 fully saturated rings. The molecule has 7 nitrogen and oxygen atoms in total. The van der Waals surface area contributed by atoms with E-state index < -0.39 is 0 Å². The molecule has 3 heterocycles. The highest BCUT2D eigenvalue weighted by Gasteiger charge is 2.24. The molecule has 0 saturated carbocycles. The van der Waals surface area contributed by atoms with Gasteiger partial charge < -0.3 is 15.1 Å². The van der Waals surface area contributed by atoms with Crippen molar-refractivity contribution in [2.24, 2.45) is 0 Å². The third-order valence-corrected chi connectivity index (χ3v) is 6.51. The molecule has 0 aliphatic carbocycles. The molecule has 9 heteroatoms. The third-order valence-electron chi connectivity index (χ3n) is 4.49. The fraction of sp³-hybridized carbons (Fsp3) is 0.263. The topological polar surface area (TPSA) is 78.4 Å². The smallest absolute Gasteiger partial charge is 0.251 e. The Hall–Kier alpha value is -2.78. The molecule has 1 saturated heterocycles. The van der Waals surface area contributed by atoms with Gasteiger partial charge in [0.25, 0.3) is 5.91 Å². The van der Waals surface area contributed by atoms with Crippen LogP contribution in [0.5, 0.6) is 0 Å². The standard InChI is InChI=1S/C19H19N5O2S2/c25-16(13-20-17(26)14-5-2-1-3-6-14)23-8-10-24(11-9-23)19-22-21-18(28-19)15-7-4-12-27-15/h1-7,12H,8-11,13H2,(H,20,26). The van der Waals surface area contributed by atoms with Crippen molar-refractivity contribution in [2.45, 2.75) is 0 Å². The Morgan fingerprint density at radius 1 is 1.00 bits per heavy atom. The van der Waals surface area contributed by atoms with Crippen molar-refractivity contribution in [1.29, 1.82) is 0 Å². The van der Waals surface area contributed by atoms with E-state index in [9.17, 15) is 9.59 Å².